The summed E-state index contributed by atoms with van der Waals surface area (Å²) in [4.78, 5) is 15.9. The molecule has 100 valence electrons. The van der Waals surface area contributed by atoms with Gasteiger partial charge in [-0.05, 0) is 43.7 Å². The van der Waals surface area contributed by atoms with Crippen molar-refractivity contribution in [2.24, 2.45) is 0 Å². The summed E-state index contributed by atoms with van der Waals surface area (Å²) >= 11 is 7.40. The Hall–Kier alpha value is -1.32. The molecular formula is C15H16ClNOS. The number of benzene rings is 1. The highest BCUT2D eigenvalue weighted by molar-refractivity contribution is 7.17. The van der Waals surface area contributed by atoms with Gasteiger partial charge in [0, 0.05) is 23.0 Å². The molecule has 1 aromatic carbocycles. The van der Waals surface area contributed by atoms with Gasteiger partial charge >= 0.3 is 0 Å². The lowest BCUT2D eigenvalue weighted by atomic mass is 10.2. The van der Waals surface area contributed by atoms with Crippen molar-refractivity contribution in [3.8, 4) is 10.4 Å². The van der Waals surface area contributed by atoms with Crippen LogP contribution in [0.5, 0.6) is 0 Å². The fourth-order valence-corrected chi connectivity index (χ4v) is 2.99. The first-order valence-electron chi connectivity index (χ1n) is 6.30. The number of amides is 1. The van der Waals surface area contributed by atoms with Crippen LogP contribution in [0.1, 0.15) is 23.5 Å². The van der Waals surface area contributed by atoms with E-state index in [0.29, 0.717) is 0 Å². The normalized spacial score (nSPS) is 10.5. The Morgan fingerprint density at radius 2 is 1.74 bits per heavy atom. The number of halogens is 1. The van der Waals surface area contributed by atoms with Gasteiger partial charge in [0.05, 0.1) is 4.88 Å². The minimum absolute atomic E-state index is 0.107. The molecule has 2 nitrogen and oxygen atoms in total. The lowest BCUT2D eigenvalue weighted by Crippen LogP contribution is -2.29. The number of thiophene rings is 1. The molecule has 0 aliphatic rings. The van der Waals surface area contributed by atoms with Crippen molar-refractivity contribution in [3.05, 3.63) is 46.3 Å². The predicted octanol–water partition coefficient (Wildman–Crippen LogP) is 4.55. The summed E-state index contributed by atoms with van der Waals surface area (Å²) in [6.07, 6.45) is 0. The number of nitrogens with zero attached hydrogens (tertiary/aromatic N) is 1. The van der Waals surface area contributed by atoms with E-state index in [9.17, 15) is 4.79 Å². The van der Waals surface area contributed by atoms with E-state index in [-0.39, 0.29) is 5.91 Å². The van der Waals surface area contributed by atoms with Crippen molar-refractivity contribution >= 4 is 28.8 Å². The maximum Gasteiger partial charge on any atom is 0.263 e. The van der Waals surface area contributed by atoms with Crippen molar-refractivity contribution < 1.29 is 4.79 Å². The Morgan fingerprint density at radius 1 is 1.11 bits per heavy atom. The Bertz CT molecular complexity index is 558. The second-order valence-corrected chi connectivity index (χ2v) is 5.67. The molecule has 0 saturated carbocycles. The van der Waals surface area contributed by atoms with Crippen LogP contribution in [-0.2, 0) is 0 Å². The minimum Gasteiger partial charge on any atom is -0.339 e. The van der Waals surface area contributed by atoms with Crippen LogP contribution in [0.4, 0.5) is 0 Å². The number of carbonyl (C=O) groups excluding carboxylic acids is 1. The monoisotopic (exact) mass is 293 g/mol. The maximum atomic E-state index is 12.2. The van der Waals surface area contributed by atoms with Gasteiger partial charge in [-0.1, -0.05) is 23.7 Å². The van der Waals surface area contributed by atoms with Gasteiger partial charge in [-0.15, -0.1) is 11.3 Å². The Kier molecular flexibility index (Phi) is 4.61. The molecule has 4 heteroatoms. The number of hydrogen-bond donors (Lipinski definition) is 0. The Labute approximate surface area is 122 Å². The van der Waals surface area contributed by atoms with Crippen molar-refractivity contribution in [2.75, 3.05) is 13.1 Å². The van der Waals surface area contributed by atoms with Crippen LogP contribution >= 0.6 is 22.9 Å². The molecular weight excluding hydrogens is 278 g/mol. The van der Waals surface area contributed by atoms with E-state index in [2.05, 4.69) is 0 Å². The van der Waals surface area contributed by atoms with Crippen LogP contribution < -0.4 is 0 Å². The third-order valence-corrected chi connectivity index (χ3v) is 4.37. The molecule has 0 aliphatic carbocycles. The van der Waals surface area contributed by atoms with Gasteiger partial charge in [-0.25, -0.2) is 0 Å². The molecule has 0 bridgehead atoms. The largest absolute Gasteiger partial charge is 0.339 e. The average molecular weight is 294 g/mol. The minimum atomic E-state index is 0.107. The van der Waals surface area contributed by atoms with Crippen molar-refractivity contribution in [1.82, 2.24) is 4.90 Å². The molecule has 0 aliphatic heterocycles. The van der Waals surface area contributed by atoms with Gasteiger partial charge in [0.15, 0.2) is 0 Å². The molecule has 0 saturated heterocycles. The summed E-state index contributed by atoms with van der Waals surface area (Å²) in [6.45, 7) is 5.47. The highest BCUT2D eigenvalue weighted by Crippen LogP contribution is 2.29. The summed E-state index contributed by atoms with van der Waals surface area (Å²) in [7, 11) is 0. The first-order valence-corrected chi connectivity index (χ1v) is 7.50. The maximum absolute atomic E-state index is 12.2. The number of hydrogen-bond acceptors (Lipinski definition) is 2. The van der Waals surface area contributed by atoms with E-state index in [1.165, 1.54) is 11.3 Å². The van der Waals surface area contributed by atoms with Gasteiger partial charge in [0.25, 0.3) is 5.91 Å². The van der Waals surface area contributed by atoms with Gasteiger partial charge in [-0.3, -0.25) is 4.79 Å². The Morgan fingerprint density at radius 3 is 2.32 bits per heavy atom. The van der Waals surface area contributed by atoms with Crippen molar-refractivity contribution in [2.45, 2.75) is 13.8 Å². The average Bonchev–Trinajstić information content (AvgIpc) is 2.90. The number of carbonyl (C=O) groups is 1. The lowest BCUT2D eigenvalue weighted by molar-refractivity contribution is 0.0778. The highest BCUT2D eigenvalue weighted by Gasteiger charge is 2.15. The number of rotatable bonds is 4. The van der Waals surface area contributed by atoms with Gasteiger partial charge in [0.2, 0.25) is 0 Å². The fraction of sp³-hybridized carbons (Fsp3) is 0.267. The van der Waals surface area contributed by atoms with E-state index >= 15 is 0 Å². The van der Waals surface area contributed by atoms with Crippen molar-refractivity contribution in [3.63, 3.8) is 0 Å². The molecule has 1 amide bonds. The molecule has 2 rings (SSSR count). The van der Waals surface area contributed by atoms with Crippen LogP contribution in [0.2, 0.25) is 5.02 Å². The molecule has 0 spiro atoms. The van der Waals surface area contributed by atoms with Gasteiger partial charge in [-0.2, -0.15) is 0 Å². The molecule has 1 heterocycles. The summed E-state index contributed by atoms with van der Waals surface area (Å²) in [5.74, 6) is 0.107. The van der Waals surface area contributed by atoms with E-state index < -0.39 is 0 Å². The molecule has 0 N–H and O–H groups in total. The molecule has 1 aromatic heterocycles. The zero-order chi connectivity index (χ0) is 13.8. The third-order valence-electron chi connectivity index (χ3n) is 3.00. The first-order chi connectivity index (χ1) is 9.15. The molecule has 0 unspecified atom stereocenters. The fourth-order valence-electron chi connectivity index (χ4n) is 1.89. The quantitative estimate of drug-likeness (QED) is 0.810. The standard InChI is InChI=1S/C15H16ClNOS/c1-3-17(4-2)15(18)14-10-9-13(19-14)11-5-7-12(16)8-6-11/h5-10H,3-4H2,1-2H3. The van der Waals surface area contributed by atoms with Crippen LogP contribution in [0.15, 0.2) is 36.4 Å². The SMILES string of the molecule is CCN(CC)C(=O)c1ccc(-c2ccc(Cl)cc2)s1. The van der Waals surface area contributed by atoms with Crippen molar-refractivity contribution in [1.29, 1.82) is 0 Å². The summed E-state index contributed by atoms with van der Waals surface area (Å²) < 4.78 is 0. The predicted molar refractivity (Wildman–Crippen MR) is 82.0 cm³/mol. The van der Waals surface area contributed by atoms with Gasteiger partial charge in [0.1, 0.15) is 0 Å². The topological polar surface area (TPSA) is 20.3 Å². The van der Waals surface area contributed by atoms with Crippen LogP contribution in [0.25, 0.3) is 10.4 Å². The highest BCUT2D eigenvalue weighted by atomic mass is 35.5. The first kappa shape index (κ1) is 14.1. The van der Waals surface area contributed by atoms with Crippen LogP contribution in [-0.4, -0.2) is 23.9 Å². The molecule has 0 radical (unpaired) electrons. The zero-order valence-corrected chi connectivity index (χ0v) is 12.6. The molecule has 0 fully saturated rings. The Balaban J connectivity index is 2.23. The summed E-state index contributed by atoms with van der Waals surface area (Å²) in [5.41, 5.74) is 1.09. The summed E-state index contributed by atoms with van der Waals surface area (Å²) in [5, 5.41) is 0.722. The van der Waals surface area contributed by atoms with Gasteiger partial charge < -0.3 is 4.90 Å². The third kappa shape index (κ3) is 3.17. The smallest absolute Gasteiger partial charge is 0.263 e. The summed E-state index contributed by atoms with van der Waals surface area (Å²) in [6, 6.07) is 11.6. The van der Waals surface area contributed by atoms with Crippen LogP contribution in [0, 0.1) is 0 Å². The molecule has 19 heavy (non-hydrogen) atoms. The second kappa shape index (κ2) is 6.22. The van der Waals surface area contributed by atoms with Crippen LogP contribution in [0.3, 0.4) is 0 Å². The molecule has 2 aromatic rings. The van der Waals surface area contributed by atoms with E-state index in [0.717, 1.165) is 33.4 Å². The van der Waals surface area contributed by atoms with E-state index in [1.807, 2.05) is 55.1 Å². The molecule has 0 atom stereocenters. The van der Waals surface area contributed by atoms with E-state index in [4.69, 9.17) is 11.6 Å². The second-order valence-electron chi connectivity index (χ2n) is 4.15. The zero-order valence-electron chi connectivity index (χ0n) is 11.0. The lowest BCUT2D eigenvalue weighted by Gasteiger charge is -2.17. The van der Waals surface area contributed by atoms with E-state index in [1.54, 1.807) is 0 Å².